The molecule has 0 fully saturated rings. The van der Waals surface area contributed by atoms with Crippen molar-refractivity contribution in [2.24, 2.45) is 5.92 Å². The van der Waals surface area contributed by atoms with Gasteiger partial charge in [0.05, 0.1) is 0 Å². The Morgan fingerprint density at radius 2 is 1.47 bits per heavy atom. The van der Waals surface area contributed by atoms with Gasteiger partial charge in [0, 0.05) is 18.5 Å². The van der Waals surface area contributed by atoms with E-state index in [-0.39, 0.29) is 24.5 Å². The number of carboxylic acids is 1. The van der Waals surface area contributed by atoms with Crippen molar-refractivity contribution in [3.05, 3.63) is 0 Å². The third-order valence-corrected chi connectivity index (χ3v) is 2.96. The summed E-state index contributed by atoms with van der Waals surface area (Å²) in [6.07, 6.45) is 3.77. The molecule has 19 heavy (non-hydrogen) atoms. The molecule has 3 N–H and O–H groups in total. The number of hydrogen-bond acceptors (Lipinski definition) is 2. The van der Waals surface area contributed by atoms with Crippen LogP contribution in [0, 0.1) is 5.92 Å². The number of urea groups is 1. The zero-order valence-corrected chi connectivity index (χ0v) is 12.5. The van der Waals surface area contributed by atoms with Crippen molar-refractivity contribution in [2.75, 3.05) is 0 Å². The van der Waals surface area contributed by atoms with Crippen molar-refractivity contribution in [1.29, 1.82) is 0 Å². The van der Waals surface area contributed by atoms with Gasteiger partial charge in [-0.1, -0.05) is 26.7 Å². The van der Waals surface area contributed by atoms with Gasteiger partial charge in [0.2, 0.25) is 0 Å². The molecule has 0 aliphatic carbocycles. The van der Waals surface area contributed by atoms with Gasteiger partial charge in [-0.3, -0.25) is 4.79 Å². The summed E-state index contributed by atoms with van der Waals surface area (Å²) in [6.45, 7) is 8.18. The fourth-order valence-corrected chi connectivity index (χ4v) is 1.81. The predicted octanol–water partition coefficient (Wildman–Crippen LogP) is 2.75. The fraction of sp³-hybridized carbons (Fsp3) is 0.857. The summed E-state index contributed by atoms with van der Waals surface area (Å²) in [7, 11) is 0. The highest BCUT2D eigenvalue weighted by atomic mass is 16.4. The van der Waals surface area contributed by atoms with E-state index in [0.717, 1.165) is 12.8 Å². The van der Waals surface area contributed by atoms with Crippen LogP contribution in [0.2, 0.25) is 0 Å². The standard InChI is InChI=1S/C14H28N2O3/c1-10(2)6-5-7-11(3)15-14(19)16-12(4)8-9-13(17)18/h10-12H,5-9H2,1-4H3,(H,17,18)(H2,15,16,19). The molecule has 0 aromatic rings. The lowest BCUT2D eigenvalue weighted by molar-refractivity contribution is -0.137. The highest BCUT2D eigenvalue weighted by molar-refractivity contribution is 5.74. The molecule has 0 rings (SSSR count). The first-order valence-corrected chi connectivity index (χ1v) is 7.10. The van der Waals surface area contributed by atoms with Gasteiger partial charge in [0.25, 0.3) is 0 Å². The van der Waals surface area contributed by atoms with E-state index in [1.807, 2.05) is 13.8 Å². The molecule has 0 bridgehead atoms. The Labute approximate surface area is 116 Å². The molecule has 0 aliphatic heterocycles. The molecule has 112 valence electrons. The number of aliphatic carboxylic acids is 1. The van der Waals surface area contributed by atoms with Gasteiger partial charge >= 0.3 is 12.0 Å². The largest absolute Gasteiger partial charge is 0.481 e. The Balaban J connectivity index is 3.74. The summed E-state index contributed by atoms with van der Waals surface area (Å²) in [5.41, 5.74) is 0. The van der Waals surface area contributed by atoms with Crippen molar-refractivity contribution in [3.8, 4) is 0 Å². The molecule has 0 saturated heterocycles. The summed E-state index contributed by atoms with van der Waals surface area (Å²) in [4.78, 5) is 22.0. The molecular weight excluding hydrogens is 244 g/mol. The van der Waals surface area contributed by atoms with Crippen LogP contribution >= 0.6 is 0 Å². The van der Waals surface area contributed by atoms with Crippen molar-refractivity contribution in [2.45, 2.75) is 71.9 Å². The zero-order chi connectivity index (χ0) is 14.8. The number of hydrogen-bond donors (Lipinski definition) is 3. The van der Waals surface area contributed by atoms with Crippen LogP contribution in [0.1, 0.15) is 59.8 Å². The van der Waals surface area contributed by atoms with Crippen LogP contribution in [0.4, 0.5) is 4.79 Å². The summed E-state index contributed by atoms with van der Waals surface area (Å²) in [6, 6.07) is -0.195. The molecule has 0 aromatic heterocycles. The van der Waals surface area contributed by atoms with E-state index in [4.69, 9.17) is 5.11 Å². The average molecular weight is 272 g/mol. The first kappa shape index (κ1) is 17.7. The van der Waals surface area contributed by atoms with Gasteiger partial charge in [-0.15, -0.1) is 0 Å². The monoisotopic (exact) mass is 272 g/mol. The zero-order valence-electron chi connectivity index (χ0n) is 12.5. The van der Waals surface area contributed by atoms with Crippen molar-refractivity contribution in [1.82, 2.24) is 10.6 Å². The van der Waals surface area contributed by atoms with Crippen LogP contribution in [0.25, 0.3) is 0 Å². The highest BCUT2D eigenvalue weighted by Crippen LogP contribution is 2.08. The molecule has 0 radical (unpaired) electrons. The van der Waals surface area contributed by atoms with Crippen LogP contribution in [-0.4, -0.2) is 29.2 Å². The second-order valence-electron chi connectivity index (χ2n) is 5.68. The third-order valence-electron chi connectivity index (χ3n) is 2.96. The Morgan fingerprint density at radius 3 is 1.95 bits per heavy atom. The quantitative estimate of drug-likeness (QED) is 0.604. The predicted molar refractivity (Wildman–Crippen MR) is 76.2 cm³/mol. The molecule has 2 unspecified atom stereocenters. The lowest BCUT2D eigenvalue weighted by Gasteiger charge is -2.18. The lowest BCUT2D eigenvalue weighted by Crippen LogP contribution is -2.44. The van der Waals surface area contributed by atoms with Crippen molar-refractivity contribution in [3.63, 3.8) is 0 Å². The highest BCUT2D eigenvalue weighted by Gasteiger charge is 2.11. The van der Waals surface area contributed by atoms with Crippen LogP contribution in [0.5, 0.6) is 0 Å². The van der Waals surface area contributed by atoms with E-state index >= 15 is 0 Å². The molecule has 2 amide bonds. The van der Waals surface area contributed by atoms with Gasteiger partial charge in [0.1, 0.15) is 0 Å². The van der Waals surface area contributed by atoms with Gasteiger partial charge in [-0.2, -0.15) is 0 Å². The molecule has 5 heteroatoms. The van der Waals surface area contributed by atoms with Crippen molar-refractivity contribution < 1.29 is 14.7 Å². The summed E-state index contributed by atoms with van der Waals surface area (Å²) in [5.74, 6) is -0.145. The maximum atomic E-state index is 11.6. The van der Waals surface area contributed by atoms with Crippen LogP contribution in [0.3, 0.4) is 0 Å². The number of carbonyl (C=O) groups excluding carboxylic acids is 1. The minimum atomic E-state index is -0.837. The van der Waals surface area contributed by atoms with Crippen molar-refractivity contribution >= 4 is 12.0 Å². The van der Waals surface area contributed by atoms with Crippen LogP contribution in [0.15, 0.2) is 0 Å². The van der Waals surface area contributed by atoms with Gasteiger partial charge in [0.15, 0.2) is 0 Å². The average Bonchev–Trinajstić information content (AvgIpc) is 2.25. The second kappa shape index (κ2) is 9.64. The smallest absolute Gasteiger partial charge is 0.315 e. The molecule has 0 aliphatic rings. The Morgan fingerprint density at radius 1 is 0.947 bits per heavy atom. The molecule has 0 aromatic carbocycles. The maximum Gasteiger partial charge on any atom is 0.315 e. The van der Waals surface area contributed by atoms with Gasteiger partial charge in [-0.05, 0) is 32.6 Å². The number of carbonyl (C=O) groups is 2. The molecule has 0 saturated carbocycles. The summed E-state index contributed by atoms with van der Waals surface area (Å²) >= 11 is 0. The molecule has 5 nitrogen and oxygen atoms in total. The molecular formula is C14H28N2O3. The lowest BCUT2D eigenvalue weighted by atomic mass is 10.0. The van der Waals surface area contributed by atoms with Crippen LogP contribution < -0.4 is 10.6 Å². The van der Waals surface area contributed by atoms with Crippen LogP contribution in [-0.2, 0) is 4.79 Å². The Bertz CT molecular complexity index is 280. The molecule has 2 atom stereocenters. The minimum absolute atomic E-state index is 0.0748. The fourth-order valence-electron chi connectivity index (χ4n) is 1.81. The summed E-state index contributed by atoms with van der Waals surface area (Å²) < 4.78 is 0. The minimum Gasteiger partial charge on any atom is -0.481 e. The number of carboxylic acid groups (broad SMARTS) is 1. The maximum absolute atomic E-state index is 11.6. The van der Waals surface area contributed by atoms with E-state index in [2.05, 4.69) is 24.5 Å². The van der Waals surface area contributed by atoms with E-state index in [1.165, 1.54) is 6.42 Å². The Kier molecular flexibility index (Phi) is 9.00. The number of rotatable bonds is 9. The SMILES string of the molecule is CC(C)CCCC(C)NC(=O)NC(C)CCC(=O)O. The third kappa shape index (κ3) is 11.6. The normalized spacial score (nSPS) is 13.9. The number of amides is 2. The number of nitrogens with one attached hydrogen (secondary N) is 2. The van der Waals surface area contributed by atoms with Gasteiger partial charge < -0.3 is 15.7 Å². The van der Waals surface area contributed by atoms with E-state index in [9.17, 15) is 9.59 Å². The van der Waals surface area contributed by atoms with E-state index in [1.54, 1.807) is 0 Å². The molecule has 0 heterocycles. The first-order valence-electron chi connectivity index (χ1n) is 7.10. The van der Waals surface area contributed by atoms with E-state index < -0.39 is 5.97 Å². The second-order valence-corrected chi connectivity index (χ2v) is 5.68. The van der Waals surface area contributed by atoms with Gasteiger partial charge in [-0.25, -0.2) is 4.79 Å². The Hall–Kier alpha value is -1.26. The first-order chi connectivity index (χ1) is 8.81. The topological polar surface area (TPSA) is 78.4 Å². The van der Waals surface area contributed by atoms with E-state index in [0.29, 0.717) is 12.3 Å². The summed E-state index contributed by atoms with van der Waals surface area (Å²) in [5, 5.41) is 14.2. The molecule has 0 spiro atoms.